The second-order valence-corrected chi connectivity index (χ2v) is 8.03. The number of aromatic nitrogens is 1. The first-order valence-electron chi connectivity index (χ1n) is 8.25. The van der Waals surface area contributed by atoms with Crippen molar-refractivity contribution >= 4 is 39.9 Å². The number of rotatable bonds is 4. The number of hydrogen-bond acceptors (Lipinski definition) is 4. The van der Waals surface area contributed by atoms with Gasteiger partial charge >= 0.3 is 0 Å². The second kappa shape index (κ2) is 7.54. The Morgan fingerprint density at radius 2 is 2.04 bits per heavy atom. The highest BCUT2D eigenvalue weighted by molar-refractivity contribution is 7.15. The fraction of sp³-hybridized carbons (Fsp3) is 0.389. The van der Waals surface area contributed by atoms with Crippen LogP contribution in [0.3, 0.4) is 0 Å². The lowest BCUT2D eigenvalue weighted by Crippen LogP contribution is -2.36. The van der Waals surface area contributed by atoms with Gasteiger partial charge in [0.1, 0.15) is 0 Å². The van der Waals surface area contributed by atoms with Crippen LogP contribution in [0.5, 0.6) is 0 Å². The summed E-state index contributed by atoms with van der Waals surface area (Å²) < 4.78 is 0. The number of anilines is 1. The van der Waals surface area contributed by atoms with Gasteiger partial charge in [-0.1, -0.05) is 36.8 Å². The van der Waals surface area contributed by atoms with Gasteiger partial charge in [-0.2, -0.15) is 0 Å². The molecule has 2 aromatic rings. The van der Waals surface area contributed by atoms with Crippen LogP contribution in [0.25, 0.3) is 0 Å². The lowest BCUT2D eigenvalue weighted by molar-refractivity contribution is -0.132. The minimum absolute atomic E-state index is 0.181. The van der Waals surface area contributed by atoms with Gasteiger partial charge in [0.2, 0.25) is 5.91 Å². The van der Waals surface area contributed by atoms with Gasteiger partial charge in [0.05, 0.1) is 12.2 Å². The third-order valence-electron chi connectivity index (χ3n) is 3.99. The summed E-state index contributed by atoms with van der Waals surface area (Å²) in [6.45, 7) is 5.36. The number of halogens is 1. The molecule has 0 saturated carbocycles. The Balaban J connectivity index is 1.67. The normalized spacial score (nSPS) is 13.7. The van der Waals surface area contributed by atoms with Crippen LogP contribution in [0.1, 0.15) is 41.2 Å². The number of fused-ring (bicyclic) bond motifs is 1. The molecule has 0 unspecified atom stereocenters. The smallest absolute Gasteiger partial charge is 0.257 e. The van der Waals surface area contributed by atoms with Crippen LogP contribution in [0.15, 0.2) is 24.3 Å². The summed E-state index contributed by atoms with van der Waals surface area (Å²) in [5, 5.41) is 4.00. The molecular formula is C18H20ClN3O2S. The van der Waals surface area contributed by atoms with Gasteiger partial charge in [0.15, 0.2) is 5.13 Å². The molecule has 25 heavy (non-hydrogen) atoms. The van der Waals surface area contributed by atoms with Gasteiger partial charge in [0, 0.05) is 34.8 Å². The quantitative estimate of drug-likeness (QED) is 0.876. The van der Waals surface area contributed by atoms with E-state index in [-0.39, 0.29) is 11.8 Å². The third-order valence-corrected chi connectivity index (χ3v) is 5.24. The van der Waals surface area contributed by atoms with E-state index in [9.17, 15) is 9.59 Å². The third kappa shape index (κ3) is 4.38. The molecule has 0 saturated heterocycles. The van der Waals surface area contributed by atoms with E-state index in [4.69, 9.17) is 11.6 Å². The number of benzene rings is 1. The average molecular weight is 378 g/mol. The minimum atomic E-state index is -0.212. The average Bonchev–Trinajstić information content (AvgIpc) is 2.95. The Hall–Kier alpha value is -1.92. The molecule has 1 aliphatic rings. The lowest BCUT2D eigenvalue weighted by Gasteiger charge is -2.26. The highest BCUT2D eigenvalue weighted by atomic mass is 35.5. The molecule has 1 aliphatic heterocycles. The topological polar surface area (TPSA) is 62.3 Å². The molecule has 0 radical (unpaired) electrons. The van der Waals surface area contributed by atoms with Crippen LogP contribution in [0, 0.1) is 5.92 Å². The van der Waals surface area contributed by atoms with Crippen LogP contribution in [0.4, 0.5) is 5.13 Å². The summed E-state index contributed by atoms with van der Waals surface area (Å²) in [5.41, 5.74) is 1.51. The molecule has 3 rings (SSSR count). The highest BCUT2D eigenvalue weighted by Crippen LogP contribution is 2.29. The van der Waals surface area contributed by atoms with Crippen LogP contribution in [-0.4, -0.2) is 28.2 Å². The van der Waals surface area contributed by atoms with Crippen LogP contribution in [-0.2, 0) is 17.8 Å². The number of carbonyl (C=O) groups is 2. The van der Waals surface area contributed by atoms with Crippen molar-refractivity contribution in [1.29, 1.82) is 0 Å². The maximum Gasteiger partial charge on any atom is 0.257 e. The van der Waals surface area contributed by atoms with Gasteiger partial charge in [-0.25, -0.2) is 4.98 Å². The molecular weight excluding hydrogens is 358 g/mol. The summed E-state index contributed by atoms with van der Waals surface area (Å²) in [4.78, 5) is 32.0. The molecule has 1 N–H and O–H groups in total. The Labute approximate surface area is 156 Å². The summed E-state index contributed by atoms with van der Waals surface area (Å²) in [6.07, 6.45) is 1.29. The summed E-state index contributed by atoms with van der Waals surface area (Å²) >= 11 is 7.28. The van der Waals surface area contributed by atoms with Gasteiger partial charge < -0.3 is 4.90 Å². The maximum atomic E-state index is 12.3. The number of hydrogen-bond donors (Lipinski definition) is 1. The second-order valence-electron chi connectivity index (χ2n) is 6.51. The molecule has 1 aromatic heterocycles. The van der Waals surface area contributed by atoms with Crippen molar-refractivity contribution in [3.63, 3.8) is 0 Å². The largest absolute Gasteiger partial charge is 0.337 e. The van der Waals surface area contributed by atoms with Crippen molar-refractivity contribution < 1.29 is 9.59 Å². The van der Waals surface area contributed by atoms with Gasteiger partial charge in [-0.05, 0) is 30.2 Å². The minimum Gasteiger partial charge on any atom is -0.337 e. The Morgan fingerprint density at radius 3 is 2.72 bits per heavy atom. The lowest BCUT2D eigenvalue weighted by atomic mass is 10.1. The predicted octanol–water partition coefficient (Wildman–Crippen LogP) is 3.98. The van der Waals surface area contributed by atoms with Crippen molar-refractivity contribution in [2.24, 2.45) is 5.92 Å². The SMILES string of the molecule is CC(C)CC(=O)N1CCc2nc(NC(=O)c3ccc(Cl)cc3)sc2C1. The van der Waals surface area contributed by atoms with E-state index in [1.165, 1.54) is 11.3 Å². The van der Waals surface area contributed by atoms with Crippen molar-refractivity contribution in [2.75, 3.05) is 11.9 Å². The molecule has 0 bridgehead atoms. The summed E-state index contributed by atoms with van der Waals surface area (Å²) in [5.74, 6) is 0.320. The molecule has 5 nitrogen and oxygen atoms in total. The van der Waals surface area contributed by atoms with Crippen LogP contribution >= 0.6 is 22.9 Å². The highest BCUT2D eigenvalue weighted by Gasteiger charge is 2.24. The molecule has 0 fully saturated rings. The van der Waals surface area contributed by atoms with Crippen LogP contribution < -0.4 is 5.32 Å². The maximum absolute atomic E-state index is 12.3. The Kier molecular flexibility index (Phi) is 5.39. The molecule has 2 amide bonds. The number of nitrogens with one attached hydrogen (secondary N) is 1. The van der Waals surface area contributed by atoms with Crippen molar-refractivity contribution in [1.82, 2.24) is 9.88 Å². The molecule has 0 atom stereocenters. The van der Waals surface area contributed by atoms with E-state index in [1.807, 2.05) is 18.7 Å². The molecule has 0 aliphatic carbocycles. The number of nitrogens with zero attached hydrogens (tertiary/aromatic N) is 2. The predicted molar refractivity (Wildman–Crippen MR) is 100 cm³/mol. The molecule has 0 spiro atoms. The fourth-order valence-corrected chi connectivity index (χ4v) is 3.86. The standard InChI is InChI=1S/C18H20ClN3O2S/c1-11(2)9-16(23)22-8-7-14-15(10-22)25-18(20-14)21-17(24)12-3-5-13(19)6-4-12/h3-6,11H,7-10H2,1-2H3,(H,20,21,24). The monoisotopic (exact) mass is 377 g/mol. The zero-order chi connectivity index (χ0) is 18.0. The summed E-state index contributed by atoms with van der Waals surface area (Å²) in [7, 11) is 0. The van der Waals surface area contributed by atoms with E-state index >= 15 is 0 Å². The first-order chi connectivity index (χ1) is 11.9. The molecule has 2 heterocycles. The van der Waals surface area contributed by atoms with Crippen LogP contribution in [0.2, 0.25) is 5.02 Å². The van der Waals surface area contributed by atoms with Gasteiger partial charge in [-0.15, -0.1) is 0 Å². The van der Waals surface area contributed by atoms with Crippen molar-refractivity contribution in [2.45, 2.75) is 33.2 Å². The van der Waals surface area contributed by atoms with Gasteiger partial charge in [-0.3, -0.25) is 14.9 Å². The van der Waals surface area contributed by atoms with E-state index in [0.29, 0.717) is 41.1 Å². The van der Waals surface area contributed by atoms with E-state index in [1.54, 1.807) is 24.3 Å². The fourth-order valence-electron chi connectivity index (χ4n) is 2.71. The number of amides is 2. The Bertz CT molecular complexity index is 786. The van der Waals surface area contributed by atoms with E-state index in [0.717, 1.165) is 17.0 Å². The molecule has 132 valence electrons. The van der Waals surface area contributed by atoms with E-state index in [2.05, 4.69) is 10.3 Å². The van der Waals surface area contributed by atoms with Crippen molar-refractivity contribution in [3.8, 4) is 0 Å². The summed E-state index contributed by atoms with van der Waals surface area (Å²) in [6, 6.07) is 6.72. The van der Waals surface area contributed by atoms with Crippen molar-refractivity contribution in [3.05, 3.63) is 45.4 Å². The Morgan fingerprint density at radius 1 is 1.32 bits per heavy atom. The number of carbonyl (C=O) groups excluding carboxylic acids is 2. The zero-order valence-corrected chi connectivity index (χ0v) is 15.8. The van der Waals surface area contributed by atoms with Gasteiger partial charge in [0.25, 0.3) is 5.91 Å². The first-order valence-corrected chi connectivity index (χ1v) is 9.45. The molecule has 7 heteroatoms. The number of thiazole rings is 1. The van der Waals surface area contributed by atoms with E-state index < -0.39 is 0 Å². The first kappa shape index (κ1) is 17.9. The zero-order valence-electron chi connectivity index (χ0n) is 14.2. The molecule has 1 aromatic carbocycles.